The summed E-state index contributed by atoms with van der Waals surface area (Å²) in [5, 5.41) is 3.19. The van der Waals surface area contributed by atoms with Crippen LogP contribution in [0.15, 0.2) is 24.3 Å². The molecule has 0 atom stereocenters. The number of benzene rings is 1. The lowest BCUT2D eigenvalue weighted by Gasteiger charge is -2.32. The zero-order chi connectivity index (χ0) is 12.3. The predicted octanol–water partition coefficient (Wildman–Crippen LogP) is 3.02. The van der Waals surface area contributed by atoms with E-state index in [0.717, 1.165) is 18.5 Å². The first kappa shape index (κ1) is 12.4. The van der Waals surface area contributed by atoms with Crippen LogP contribution in [-0.2, 0) is 0 Å². The van der Waals surface area contributed by atoms with Gasteiger partial charge < -0.3 is 11.1 Å². The van der Waals surface area contributed by atoms with Gasteiger partial charge in [-0.05, 0) is 50.3 Å². The van der Waals surface area contributed by atoms with Crippen molar-refractivity contribution >= 4 is 5.69 Å². The van der Waals surface area contributed by atoms with E-state index in [1.165, 1.54) is 5.56 Å². The third-order valence-corrected chi connectivity index (χ3v) is 3.55. The van der Waals surface area contributed by atoms with Crippen LogP contribution in [0.1, 0.15) is 31.2 Å². The zero-order valence-electron chi connectivity index (χ0n) is 10.4. The fraction of sp³-hybridized carbons (Fsp3) is 0.571. The number of hydrogen-bond donors (Lipinski definition) is 2. The van der Waals surface area contributed by atoms with Crippen LogP contribution in [0.4, 0.5) is 10.1 Å². The second-order valence-corrected chi connectivity index (χ2v) is 5.21. The Labute approximate surface area is 102 Å². The van der Waals surface area contributed by atoms with Gasteiger partial charge in [-0.25, -0.2) is 4.39 Å². The highest BCUT2D eigenvalue weighted by atomic mass is 19.1. The van der Waals surface area contributed by atoms with Gasteiger partial charge >= 0.3 is 0 Å². The Balaban J connectivity index is 1.89. The highest BCUT2D eigenvalue weighted by Crippen LogP contribution is 2.31. The fourth-order valence-corrected chi connectivity index (χ4v) is 2.35. The Morgan fingerprint density at radius 3 is 2.76 bits per heavy atom. The number of anilines is 1. The molecule has 1 aliphatic carbocycles. The molecular formula is C14H21FN2. The van der Waals surface area contributed by atoms with E-state index in [1.54, 1.807) is 0 Å². The van der Waals surface area contributed by atoms with E-state index in [0.29, 0.717) is 19.4 Å². The van der Waals surface area contributed by atoms with Crippen LogP contribution in [0.3, 0.4) is 0 Å². The van der Waals surface area contributed by atoms with Crippen molar-refractivity contribution in [1.82, 2.24) is 0 Å². The molecule has 0 amide bonds. The first-order valence-corrected chi connectivity index (χ1v) is 6.32. The van der Waals surface area contributed by atoms with Crippen molar-refractivity contribution in [1.29, 1.82) is 0 Å². The molecule has 1 saturated carbocycles. The number of alkyl halides is 1. The van der Waals surface area contributed by atoms with Crippen LogP contribution in [-0.4, -0.2) is 18.3 Å². The number of rotatable bonds is 3. The second-order valence-electron chi connectivity index (χ2n) is 5.21. The maximum absolute atomic E-state index is 14.4. The summed E-state index contributed by atoms with van der Waals surface area (Å²) in [6.07, 6.45) is 2.75. The van der Waals surface area contributed by atoms with Crippen molar-refractivity contribution < 1.29 is 4.39 Å². The van der Waals surface area contributed by atoms with Gasteiger partial charge in [0.1, 0.15) is 5.67 Å². The molecule has 1 fully saturated rings. The van der Waals surface area contributed by atoms with Gasteiger partial charge in [-0.3, -0.25) is 0 Å². The van der Waals surface area contributed by atoms with Crippen molar-refractivity contribution in [2.45, 2.75) is 44.3 Å². The second kappa shape index (κ2) is 5.05. The summed E-state index contributed by atoms with van der Waals surface area (Å²) in [6, 6.07) is 8.23. The van der Waals surface area contributed by atoms with Crippen molar-refractivity contribution in [3.63, 3.8) is 0 Å². The Hall–Kier alpha value is -1.09. The molecule has 3 N–H and O–H groups in total. The topological polar surface area (TPSA) is 38.0 Å². The summed E-state index contributed by atoms with van der Waals surface area (Å²) in [4.78, 5) is 0. The van der Waals surface area contributed by atoms with Crippen LogP contribution in [0, 0.1) is 6.92 Å². The van der Waals surface area contributed by atoms with E-state index in [4.69, 9.17) is 5.73 Å². The average molecular weight is 236 g/mol. The summed E-state index contributed by atoms with van der Waals surface area (Å²) in [5.74, 6) is 0. The van der Waals surface area contributed by atoms with E-state index in [-0.39, 0.29) is 6.04 Å². The fourth-order valence-electron chi connectivity index (χ4n) is 2.35. The summed E-state index contributed by atoms with van der Waals surface area (Å²) < 4.78 is 14.4. The highest BCUT2D eigenvalue weighted by Gasteiger charge is 2.33. The van der Waals surface area contributed by atoms with Crippen molar-refractivity contribution in [2.24, 2.45) is 5.73 Å². The average Bonchev–Trinajstić information content (AvgIpc) is 2.31. The third-order valence-electron chi connectivity index (χ3n) is 3.55. The normalized spacial score (nSPS) is 29.0. The van der Waals surface area contributed by atoms with E-state index in [9.17, 15) is 4.39 Å². The lowest BCUT2D eigenvalue weighted by atomic mass is 9.84. The molecule has 3 heteroatoms. The van der Waals surface area contributed by atoms with E-state index < -0.39 is 5.67 Å². The van der Waals surface area contributed by atoms with E-state index >= 15 is 0 Å². The van der Waals surface area contributed by atoms with Crippen LogP contribution < -0.4 is 11.1 Å². The summed E-state index contributed by atoms with van der Waals surface area (Å²) in [6.45, 7) is 2.43. The summed E-state index contributed by atoms with van der Waals surface area (Å²) >= 11 is 0. The summed E-state index contributed by atoms with van der Waals surface area (Å²) in [7, 11) is 0. The molecule has 2 nitrogen and oxygen atoms in total. The van der Waals surface area contributed by atoms with Crippen LogP contribution in [0.2, 0.25) is 0 Å². The Morgan fingerprint density at radius 1 is 1.41 bits per heavy atom. The monoisotopic (exact) mass is 236 g/mol. The largest absolute Gasteiger partial charge is 0.382 e. The van der Waals surface area contributed by atoms with Gasteiger partial charge in [0.25, 0.3) is 0 Å². The molecule has 0 spiro atoms. The minimum absolute atomic E-state index is 0.192. The smallest absolute Gasteiger partial charge is 0.128 e. The van der Waals surface area contributed by atoms with Crippen molar-refractivity contribution in [3.8, 4) is 0 Å². The van der Waals surface area contributed by atoms with Gasteiger partial charge in [0.05, 0.1) is 0 Å². The van der Waals surface area contributed by atoms with Crippen LogP contribution in [0.25, 0.3) is 0 Å². The van der Waals surface area contributed by atoms with Gasteiger partial charge in [0, 0.05) is 18.3 Å². The van der Waals surface area contributed by atoms with Gasteiger partial charge in [0.2, 0.25) is 0 Å². The number of halogens is 1. The number of aryl methyl sites for hydroxylation is 1. The van der Waals surface area contributed by atoms with Gasteiger partial charge in [-0.1, -0.05) is 12.1 Å². The molecule has 0 saturated heterocycles. The standard InChI is InChI=1S/C14H21FN2/c1-11-3-2-4-13(9-11)17-10-14(15)7-5-12(16)6-8-14/h2-4,9,12,17H,5-8,10,16H2,1H3. The summed E-state index contributed by atoms with van der Waals surface area (Å²) in [5.41, 5.74) is 6.90. The molecular weight excluding hydrogens is 215 g/mol. The Kier molecular flexibility index (Phi) is 3.67. The van der Waals surface area contributed by atoms with Gasteiger partial charge in [0.15, 0.2) is 0 Å². The quantitative estimate of drug-likeness (QED) is 0.846. The SMILES string of the molecule is Cc1cccc(NCC2(F)CCC(N)CC2)c1. The molecule has 0 heterocycles. The molecule has 0 radical (unpaired) electrons. The lowest BCUT2D eigenvalue weighted by Crippen LogP contribution is -2.40. The molecule has 1 aliphatic rings. The molecule has 17 heavy (non-hydrogen) atoms. The number of nitrogens with two attached hydrogens (primary N) is 1. The molecule has 0 bridgehead atoms. The van der Waals surface area contributed by atoms with Gasteiger partial charge in [-0.2, -0.15) is 0 Å². The lowest BCUT2D eigenvalue weighted by molar-refractivity contribution is 0.113. The van der Waals surface area contributed by atoms with Crippen molar-refractivity contribution in [2.75, 3.05) is 11.9 Å². The molecule has 0 aliphatic heterocycles. The molecule has 94 valence electrons. The molecule has 0 unspecified atom stereocenters. The maximum atomic E-state index is 14.4. The number of nitrogens with one attached hydrogen (secondary N) is 1. The van der Waals surface area contributed by atoms with E-state index in [2.05, 4.69) is 5.32 Å². The molecule has 0 aromatic heterocycles. The first-order chi connectivity index (χ1) is 8.07. The highest BCUT2D eigenvalue weighted by molar-refractivity contribution is 5.45. The van der Waals surface area contributed by atoms with E-state index in [1.807, 2.05) is 31.2 Å². The van der Waals surface area contributed by atoms with Crippen molar-refractivity contribution in [3.05, 3.63) is 29.8 Å². The zero-order valence-corrected chi connectivity index (χ0v) is 10.4. The molecule has 1 aromatic rings. The minimum atomic E-state index is -1.08. The Morgan fingerprint density at radius 2 is 2.12 bits per heavy atom. The third kappa shape index (κ3) is 3.43. The number of hydrogen-bond acceptors (Lipinski definition) is 2. The predicted molar refractivity (Wildman–Crippen MR) is 70.0 cm³/mol. The maximum Gasteiger partial charge on any atom is 0.128 e. The van der Waals surface area contributed by atoms with Gasteiger partial charge in [-0.15, -0.1) is 0 Å². The minimum Gasteiger partial charge on any atom is -0.382 e. The first-order valence-electron chi connectivity index (χ1n) is 6.32. The molecule has 1 aromatic carbocycles. The van der Waals surface area contributed by atoms with Crippen LogP contribution >= 0.6 is 0 Å². The van der Waals surface area contributed by atoms with Crippen LogP contribution in [0.5, 0.6) is 0 Å². The Bertz CT molecular complexity index is 370. The molecule has 2 rings (SSSR count).